The largest absolute Gasteiger partial charge is 0.476 e. The van der Waals surface area contributed by atoms with E-state index in [1.54, 1.807) is 36.7 Å². The predicted octanol–water partition coefficient (Wildman–Crippen LogP) is 3.13. The van der Waals surface area contributed by atoms with Gasteiger partial charge in [-0.1, -0.05) is 12.1 Å². The average molecular weight is 441 g/mol. The molecule has 0 aliphatic carbocycles. The fourth-order valence-electron chi connectivity index (χ4n) is 2.93. The number of carbonyl (C=O) groups is 2. The molecular formula is C19H16FN7O3S. The molecule has 10 nitrogen and oxygen atoms in total. The predicted molar refractivity (Wildman–Crippen MR) is 112 cm³/mol. The molecule has 4 aromatic rings. The van der Waals surface area contributed by atoms with E-state index < -0.39 is 17.8 Å². The highest BCUT2D eigenvalue weighted by atomic mass is 32.1. The summed E-state index contributed by atoms with van der Waals surface area (Å²) in [5.74, 6) is -1.35. The molecule has 3 N–H and O–H groups in total. The number of carbonyl (C=O) groups excluding carboxylic acids is 1. The summed E-state index contributed by atoms with van der Waals surface area (Å²) in [5.41, 5.74) is 0.875. The van der Waals surface area contributed by atoms with E-state index in [2.05, 4.69) is 30.6 Å². The second-order valence-electron chi connectivity index (χ2n) is 6.37. The zero-order chi connectivity index (χ0) is 22.1. The molecule has 3 heterocycles. The number of carboxylic acids is 1. The van der Waals surface area contributed by atoms with Crippen LogP contribution in [0.5, 0.6) is 0 Å². The van der Waals surface area contributed by atoms with Crippen LogP contribution in [0.2, 0.25) is 0 Å². The minimum absolute atomic E-state index is 0.0309. The minimum Gasteiger partial charge on any atom is -0.476 e. The molecule has 0 aliphatic heterocycles. The van der Waals surface area contributed by atoms with Gasteiger partial charge in [0.1, 0.15) is 17.0 Å². The Kier molecular flexibility index (Phi) is 5.29. The number of halogens is 1. The number of imidazole rings is 1. The Morgan fingerprint density at radius 2 is 1.97 bits per heavy atom. The topological polar surface area (TPSA) is 135 Å². The molecule has 0 fully saturated rings. The lowest BCUT2D eigenvalue weighted by Crippen LogP contribution is -2.29. The maximum atomic E-state index is 14.6. The maximum absolute atomic E-state index is 14.6. The second-order valence-corrected chi connectivity index (χ2v) is 7.23. The van der Waals surface area contributed by atoms with Crippen LogP contribution in [0.3, 0.4) is 0 Å². The first kappa shape index (κ1) is 20.3. The van der Waals surface area contributed by atoms with Gasteiger partial charge in [-0.15, -0.1) is 11.3 Å². The zero-order valence-corrected chi connectivity index (χ0v) is 17.2. The van der Waals surface area contributed by atoms with Crippen molar-refractivity contribution in [1.82, 2.24) is 29.8 Å². The Morgan fingerprint density at radius 3 is 2.65 bits per heavy atom. The maximum Gasteiger partial charge on any atom is 0.355 e. The number of nitrogens with zero attached hydrogens (tertiary/aromatic N) is 5. The average Bonchev–Trinajstić information content (AvgIpc) is 3.34. The van der Waals surface area contributed by atoms with Gasteiger partial charge < -0.3 is 15.0 Å². The first-order valence-electron chi connectivity index (χ1n) is 9.12. The van der Waals surface area contributed by atoms with E-state index in [9.17, 15) is 14.0 Å². The van der Waals surface area contributed by atoms with Gasteiger partial charge in [-0.25, -0.2) is 28.9 Å². The molecule has 0 aliphatic rings. The van der Waals surface area contributed by atoms with E-state index in [0.29, 0.717) is 23.0 Å². The van der Waals surface area contributed by atoms with Gasteiger partial charge in [-0.05, 0) is 19.1 Å². The summed E-state index contributed by atoms with van der Waals surface area (Å²) in [6.45, 7) is 2.17. The number of carboxylic acid groups (broad SMARTS) is 1. The SMILES string of the molecule is CCNC(=O)Nc1nc(-c2ccccc2F)c2nc(-c3nc(C(=O)O)cs3)n(C)c2n1. The summed E-state index contributed by atoms with van der Waals surface area (Å²) < 4.78 is 16.2. The third-order valence-electron chi connectivity index (χ3n) is 4.32. The standard InChI is InChI=1S/C19H16FN7O3S/c1-3-21-19(30)26-18-24-12(9-6-4-5-7-10(9)20)13-14(25-18)27(2)15(23-13)16-22-11(8-31-16)17(28)29/h4-8H,3H2,1-2H3,(H,28,29)(H2,21,24,25,26,30). The van der Waals surface area contributed by atoms with Crippen molar-refractivity contribution in [3.05, 3.63) is 41.2 Å². The van der Waals surface area contributed by atoms with Crippen LogP contribution in [0.25, 0.3) is 33.3 Å². The molecule has 158 valence electrons. The molecule has 0 bridgehead atoms. The fraction of sp³-hybridized carbons (Fsp3) is 0.158. The van der Waals surface area contributed by atoms with Gasteiger partial charge in [0.25, 0.3) is 0 Å². The highest BCUT2D eigenvalue weighted by Crippen LogP contribution is 2.32. The number of hydrogen-bond donors (Lipinski definition) is 3. The number of aromatic carboxylic acids is 1. The summed E-state index contributed by atoms with van der Waals surface area (Å²) in [6.07, 6.45) is 0. The molecule has 0 spiro atoms. The Hall–Kier alpha value is -3.93. The lowest BCUT2D eigenvalue weighted by molar-refractivity contribution is 0.0691. The van der Waals surface area contributed by atoms with Crippen molar-refractivity contribution in [1.29, 1.82) is 0 Å². The van der Waals surface area contributed by atoms with Gasteiger partial charge >= 0.3 is 12.0 Å². The Labute approximate surface area is 178 Å². The molecule has 3 aromatic heterocycles. The highest BCUT2D eigenvalue weighted by Gasteiger charge is 2.22. The van der Waals surface area contributed by atoms with Crippen molar-refractivity contribution in [2.24, 2.45) is 7.05 Å². The summed E-state index contributed by atoms with van der Waals surface area (Å²) in [4.78, 5) is 40.5. The molecule has 0 saturated carbocycles. The number of rotatable bonds is 5. The van der Waals surface area contributed by atoms with Crippen molar-refractivity contribution in [2.45, 2.75) is 6.92 Å². The molecule has 0 unspecified atom stereocenters. The number of hydrogen-bond acceptors (Lipinski definition) is 7. The lowest BCUT2D eigenvalue weighted by atomic mass is 10.1. The number of aromatic nitrogens is 5. The summed E-state index contributed by atoms with van der Waals surface area (Å²) >= 11 is 1.11. The van der Waals surface area contributed by atoms with E-state index in [4.69, 9.17) is 5.11 Å². The molecule has 4 rings (SSSR count). The number of amides is 2. The van der Waals surface area contributed by atoms with Gasteiger partial charge in [-0.3, -0.25) is 5.32 Å². The van der Waals surface area contributed by atoms with Crippen molar-refractivity contribution >= 4 is 40.4 Å². The van der Waals surface area contributed by atoms with Crippen LogP contribution >= 0.6 is 11.3 Å². The number of thiazole rings is 1. The van der Waals surface area contributed by atoms with Crippen molar-refractivity contribution in [3.8, 4) is 22.1 Å². The van der Waals surface area contributed by atoms with Crippen molar-refractivity contribution in [2.75, 3.05) is 11.9 Å². The summed E-state index contributed by atoms with van der Waals surface area (Å²) in [5, 5.41) is 16.0. The van der Waals surface area contributed by atoms with Crippen LogP contribution in [-0.4, -0.2) is 48.2 Å². The van der Waals surface area contributed by atoms with E-state index in [0.717, 1.165) is 11.3 Å². The van der Waals surface area contributed by atoms with Crippen LogP contribution in [0.1, 0.15) is 17.4 Å². The Morgan fingerprint density at radius 1 is 1.19 bits per heavy atom. The normalized spacial score (nSPS) is 10.9. The van der Waals surface area contributed by atoms with E-state index in [1.807, 2.05) is 0 Å². The molecule has 12 heteroatoms. The van der Waals surface area contributed by atoms with Crippen molar-refractivity contribution in [3.63, 3.8) is 0 Å². The highest BCUT2D eigenvalue weighted by molar-refractivity contribution is 7.13. The molecule has 0 atom stereocenters. The molecule has 1 aromatic carbocycles. The number of nitrogens with one attached hydrogen (secondary N) is 2. The second kappa shape index (κ2) is 8.07. The first-order valence-corrected chi connectivity index (χ1v) is 10.0. The first-order chi connectivity index (χ1) is 14.9. The third kappa shape index (κ3) is 3.80. The smallest absolute Gasteiger partial charge is 0.355 e. The van der Waals surface area contributed by atoms with Gasteiger partial charge in [0, 0.05) is 24.5 Å². The summed E-state index contributed by atoms with van der Waals surface area (Å²) in [6, 6.07) is 5.55. The van der Waals surface area contributed by atoms with Crippen molar-refractivity contribution < 1.29 is 19.1 Å². The molecular weight excluding hydrogens is 425 g/mol. The lowest BCUT2D eigenvalue weighted by Gasteiger charge is -2.08. The van der Waals surface area contributed by atoms with Gasteiger partial charge in [0.15, 0.2) is 22.2 Å². The number of urea groups is 1. The molecule has 0 saturated heterocycles. The zero-order valence-electron chi connectivity index (χ0n) is 16.4. The van der Waals surface area contributed by atoms with Crippen LogP contribution in [0, 0.1) is 5.82 Å². The third-order valence-corrected chi connectivity index (χ3v) is 5.16. The molecule has 0 radical (unpaired) electrons. The summed E-state index contributed by atoms with van der Waals surface area (Å²) in [7, 11) is 1.67. The fourth-order valence-corrected chi connectivity index (χ4v) is 3.75. The van der Waals surface area contributed by atoms with Crippen LogP contribution in [-0.2, 0) is 7.05 Å². The Balaban J connectivity index is 1.93. The van der Waals surface area contributed by atoms with Crippen LogP contribution in [0.15, 0.2) is 29.6 Å². The van der Waals surface area contributed by atoms with Gasteiger partial charge in [0.05, 0.1) is 0 Å². The molecule has 31 heavy (non-hydrogen) atoms. The van der Waals surface area contributed by atoms with Crippen LogP contribution < -0.4 is 10.6 Å². The number of anilines is 1. The minimum atomic E-state index is -1.15. The monoisotopic (exact) mass is 441 g/mol. The van der Waals surface area contributed by atoms with E-state index in [-0.39, 0.29) is 28.4 Å². The van der Waals surface area contributed by atoms with E-state index >= 15 is 0 Å². The quantitative estimate of drug-likeness (QED) is 0.433. The van der Waals surface area contributed by atoms with Gasteiger partial charge in [-0.2, -0.15) is 4.98 Å². The molecule has 2 amide bonds. The number of benzene rings is 1. The van der Waals surface area contributed by atoms with Gasteiger partial charge in [0.2, 0.25) is 5.95 Å². The van der Waals surface area contributed by atoms with Crippen LogP contribution in [0.4, 0.5) is 15.1 Å². The number of fused-ring (bicyclic) bond motifs is 1. The Bertz CT molecular complexity index is 1320. The number of aryl methyl sites for hydroxylation is 1. The van der Waals surface area contributed by atoms with E-state index in [1.165, 1.54) is 11.4 Å².